The number of sulfonamides is 1. The minimum absolute atomic E-state index is 0.0131. The molecule has 2 atom stereocenters. The molecule has 10 nitrogen and oxygen atoms in total. The van der Waals surface area contributed by atoms with E-state index < -0.39 is 21.4 Å². The van der Waals surface area contributed by atoms with E-state index in [1.54, 1.807) is 6.07 Å². The number of piperidine rings is 1. The summed E-state index contributed by atoms with van der Waals surface area (Å²) in [7, 11) is -3.60. The summed E-state index contributed by atoms with van der Waals surface area (Å²) in [6.45, 7) is 1.99. The molecule has 2 aliphatic heterocycles. The standard InChI is InChI=1S/C24H30N4O6S2/c1-36(33,34)27-19-13-16(4-7-20(19)29)21(30)14-28(18-8-10-25-11-9-18)17-5-2-15(3-6-17)12-22-23(31)26-24(32)35-22/h2-7,13,18,21-22,25,27,29-30H,8-12,14H2,1H3,(H,26,31,32). The zero-order chi connectivity index (χ0) is 25.9. The molecule has 194 valence electrons. The van der Waals surface area contributed by atoms with E-state index in [4.69, 9.17) is 0 Å². The molecule has 0 aliphatic carbocycles. The lowest BCUT2D eigenvalue weighted by Gasteiger charge is -2.38. The second-order valence-electron chi connectivity index (χ2n) is 9.05. The van der Waals surface area contributed by atoms with Gasteiger partial charge in [-0.1, -0.05) is 30.0 Å². The molecule has 2 fully saturated rings. The SMILES string of the molecule is CS(=O)(=O)Nc1cc(C(O)CN(c2ccc(CC3SC(=O)NC3=O)cc2)C2CCNCC2)ccc1O. The van der Waals surface area contributed by atoms with E-state index in [0.717, 1.165) is 55.2 Å². The van der Waals surface area contributed by atoms with Crippen LogP contribution in [-0.4, -0.2) is 67.0 Å². The Balaban J connectivity index is 1.53. The Kier molecular flexibility index (Phi) is 8.08. The predicted octanol–water partition coefficient (Wildman–Crippen LogP) is 1.95. The molecule has 12 heteroatoms. The maximum Gasteiger partial charge on any atom is 0.286 e. The first-order valence-corrected chi connectivity index (χ1v) is 14.4. The molecule has 4 rings (SSSR count). The zero-order valence-corrected chi connectivity index (χ0v) is 21.4. The van der Waals surface area contributed by atoms with Gasteiger partial charge < -0.3 is 20.4 Å². The number of aliphatic hydroxyl groups is 1. The average Bonchev–Trinajstić information content (AvgIpc) is 3.15. The number of phenols is 1. The lowest BCUT2D eigenvalue weighted by Crippen LogP contribution is -2.45. The highest BCUT2D eigenvalue weighted by molar-refractivity contribution is 8.15. The van der Waals surface area contributed by atoms with Gasteiger partial charge in [-0.3, -0.25) is 19.6 Å². The highest BCUT2D eigenvalue weighted by Crippen LogP contribution is 2.31. The van der Waals surface area contributed by atoms with Crippen molar-refractivity contribution in [2.45, 2.75) is 36.7 Å². The van der Waals surface area contributed by atoms with Crippen LogP contribution in [0.5, 0.6) is 5.75 Å². The Morgan fingerprint density at radius 3 is 2.44 bits per heavy atom. The summed E-state index contributed by atoms with van der Waals surface area (Å²) < 4.78 is 25.5. The molecule has 2 amide bonds. The molecule has 2 aromatic carbocycles. The Labute approximate surface area is 214 Å². The fourth-order valence-electron chi connectivity index (χ4n) is 4.48. The van der Waals surface area contributed by atoms with Crippen LogP contribution in [-0.2, 0) is 21.2 Å². The molecule has 5 N–H and O–H groups in total. The van der Waals surface area contributed by atoms with E-state index in [2.05, 4.69) is 20.3 Å². The van der Waals surface area contributed by atoms with Crippen molar-refractivity contribution in [2.24, 2.45) is 0 Å². The summed E-state index contributed by atoms with van der Waals surface area (Å²) in [5.41, 5.74) is 2.34. The number of anilines is 2. The van der Waals surface area contributed by atoms with Gasteiger partial charge in [-0.2, -0.15) is 0 Å². The third-order valence-corrected chi connectivity index (χ3v) is 7.85. The summed E-state index contributed by atoms with van der Waals surface area (Å²) in [6, 6.07) is 12.3. The van der Waals surface area contributed by atoms with Crippen molar-refractivity contribution in [3.8, 4) is 5.75 Å². The number of thioether (sulfide) groups is 1. The van der Waals surface area contributed by atoms with E-state index in [1.807, 2.05) is 24.3 Å². The molecule has 0 spiro atoms. The van der Waals surface area contributed by atoms with Crippen LogP contribution in [0.1, 0.15) is 30.1 Å². The smallest absolute Gasteiger partial charge is 0.286 e. The molecule has 0 aromatic heterocycles. The van der Waals surface area contributed by atoms with Gasteiger partial charge in [0, 0.05) is 18.3 Å². The van der Waals surface area contributed by atoms with Crippen LogP contribution in [0.2, 0.25) is 0 Å². The number of phenolic OH excluding ortho intramolecular Hbond substituents is 1. The molecule has 0 saturated carbocycles. The van der Waals surface area contributed by atoms with E-state index in [1.165, 1.54) is 12.1 Å². The first kappa shape index (κ1) is 26.3. The van der Waals surface area contributed by atoms with Crippen molar-refractivity contribution in [3.63, 3.8) is 0 Å². The molecular formula is C24H30N4O6S2. The number of amides is 2. The van der Waals surface area contributed by atoms with Crippen LogP contribution < -0.4 is 20.3 Å². The Hall–Kier alpha value is -2.80. The van der Waals surface area contributed by atoms with Gasteiger partial charge >= 0.3 is 0 Å². The number of carbonyl (C=O) groups excluding carboxylic acids is 2. The van der Waals surface area contributed by atoms with Gasteiger partial charge in [0.1, 0.15) is 5.75 Å². The van der Waals surface area contributed by atoms with Gasteiger partial charge in [0.25, 0.3) is 5.24 Å². The summed E-state index contributed by atoms with van der Waals surface area (Å²) in [5, 5.41) is 26.0. The summed E-state index contributed by atoms with van der Waals surface area (Å²) in [5.74, 6) is -0.495. The van der Waals surface area contributed by atoms with Crippen LogP contribution in [0.15, 0.2) is 42.5 Å². The topological polar surface area (TPSA) is 148 Å². The van der Waals surface area contributed by atoms with Crippen molar-refractivity contribution >= 4 is 44.3 Å². The molecule has 36 heavy (non-hydrogen) atoms. The summed E-state index contributed by atoms with van der Waals surface area (Å²) in [4.78, 5) is 25.5. The number of nitrogens with zero attached hydrogens (tertiary/aromatic N) is 1. The van der Waals surface area contributed by atoms with Crippen molar-refractivity contribution in [2.75, 3.05) is 35.5 Å². The van der Waals surface area contributed by atoms with E-state index >= 15 is 0 Å². The summed E-state index contributed by atoms with van der Waals surface area (Å²) in [6.07, 6.45) is 2.29. The lowest BCUT2D eigenvalue weighted by molar-refractivity contribution is -0.118. The van der Waals surface area contributed by atoms with Gasteiger partial charge in [0.2, 0.25) is 15.9 Å². The zero-order valence-electron chi connectivity index (χ0n) is 19.8. The quantitative estimate of drug-likeness (QED) is 0.304. The Morgan fingerprint density at radius 1 is 1.14 bits per heavy atom. The highest BCUT2D eigenvalue weighted by Gasteiger charge is 2.31. The van der Waals surface area contributed by atoms with Gasteiger partial charge in [-0.25, -0.2) is 8.42 Å². The van der Waals surface area contributed by atoms with Crippen molar-refractivity contribution in [3.05, 3.63) is 53.6 Å². The molecule has 0 radical (unpaired) electrons. The van der Waals surface area contributed by atoms with Crippen LogP contribution in [0.4, 0.5) is 16.2 Å². The molecule has 2 saturated heterocycles. The predicted molar refractivity (Wildman–Crippen MR) is 140 cm³/mol. The monoisotopic (exact) mass is 534 g/mol. The first-order chi connectivity index (χ1) is 17.1. The summed E-state index contributed by atoms with van der Waals surface area (Å²) >= 11 is 1.00. The number of imide groups is 1. The second kappa shape index (κ2) is 11.1. The number of benzene rings is 2. The maximum atomic E-state index is 11.9. The lowest BCUT2D eigenvalue weighted by atomic mass is 10.0. The van der Waals surface area contributed by atoms with Crippen molar-refractivity contribution in [1.29, 1.82) is 0 Å². The number of aliphatic hydroxyl groups excluding tert-OH is 1. The first-order valence-electron chi connectivity index (χ1n) is 11.7. The van der Waals surface area contributed by atoms with Gasteiger partial charge in [0.15, 0.2) is 0 Å². The number of hydrogen-bond donors (Lipinski definition) is 5. The minimum Gasteiger partial charge on any atom is -0.506 e. The third-order valence-electron chi connectivity index (χ3n) is 6.28. The van der Waals surface area contributed by atoms with Crippen molar-refractivity contribution < 1.29 is 28.2 Å². The average molecular weight is 535 g/mol. The number of hydrogen-bond acceptors (Lipinski definition) is 9. The van der Waals surface area contributed by atoms with Gasteiger partial charge in [0.05, 0.1) is 23.3 Å². The number of rotatable bonds is 9. The fraction of sp³-hybridized carbons (Fsp3) is 0.417. The molecule has 2 heterocycles. The largest absolute Gasteiger partial charge is 0.506 e. The highest BCUT2D eigenvalue weighted by atomic mass is 32.2. The number of nitrogens with one attached hydrogen (secondary N) is 3. The van der Waals surface area contributed by atoms with E-state index in [0.29, 0.717) is 12.0 Å². The Bertz CT molecular complexity index is 1220. The fourth-order valence-corrected chi connectivity index (χ4v) is 5.91. The number of aromatic hydroxyl groups is 1. The van der Waals surface area contributed by atoms with Crippen LogP contribution >= 0.6 is 11.8 Å². The minimum atomic E-state index is -3.60. The van der Waals surface area contributed by atoms with Crippen LogP contribution in [0.25, 0.3) is 0 Å². The van der Waals surface area contributed by atoms with Crippen LogP contribution in [0, 0.1) is 0 Å². The molecular weight excluding hydrogens is 504 g/mol. The Morgan fingerprint density at radius 2 is 1.83 bits per heavy atom. The normalized spacial score (nSPS) is 19.7. The van der Waals surface area contributed by atoms with E-state index in [9.17, 15) is 28.2 Å². The third kappa shape index (κ3) is 6.69. The van der Waals surface area contributed by atoms with Gasteiger partial charge in [-0.15, -0.1) is 0 Å². The molecule has 2 aliphatic rings. The molecule has 2 unspecified atom stereocenters. The van der Waals surface area contributed by atoms with E-state index in [-0.39, 0.29) is 35.2 Å². The van der Waals surface area contributed by atoms with Crippen molar-refractivity contribution in [1.82, 2.24) is 10.6 Å². The molecule has 2 aromatic rings. The second-order valence-corrected chi connectivity index (χ2v) is 12.0. The van der Waals surface area contributed by atoms with Crippen LogP contribution in [0.3, 0.4) is 0 Å². The molecule has 0 bridgehead atoms. The maximum absolute atomic E-state index is 11.9. The van der Waals surface area contributed by atoms with Gasteiger partial charge in [-0.05, 0) is 67.7 Å². The number of carbonyl (C=O) groups is 2.